The summed E-state index contributed by atoms with van der Waals surface area (Å²) in [4.78, 5) is 5.04. The molecular formula is C17H15Cl2IN4O2S2. The summed E-state index contributed by atoms with van der Waals surface area (Å²) in [7, 11) is -3.84. The summed E-state index contributed by atoms with van der Waals surface area (Å²) in [6, 6.07) is 9.82. The van der Waals surface area contributed by atoms with Crippen molar-refractivity contribution in [3.05, 3.63) is 69.4 Å². The van der Waals surface area contributed by atoms with Gasteiger partial charge in [-0.05, 0) is 23.8 Å². The zero-order chi connectivity index (χ0) is 20.5. The van der Waals surface area contributed by atoms with Crippen LogP contribution in [-0.2, 0) is 16.4 Å². The van der Waals surface area contributed by atoms with E-state index < -0.39 is 10.0 Å². The van der Waals surface area contributed by atoms with E-state index in [2.05, 4.69) is 4.98 Å². The van der Waals surface area contributed by atoms with Gasteiger partial charge in [0.2, 0.25) is 0 Å². The molecule has 0 bridgehead atoms. The molecule has 0 spiro atoms. The number of hydrogen-bond donors (Lipinski definition) is 2. The van der Waals surface area contributed by atoms with Crippen molar-refractivity contribution in [2.75, 3.05) is 0 Å². The van der Waals surface area contributed by atoms with Gasteiger partial charge in [-0.1, -0.05) is 75.8 Å². The minimum atomic E-state index is -3.84. The first kappa shape index (κ1) is 21.7. The summed E-state index contributed by atoms with van der Waals surface area (Å²) >= 11 is 15.5. The maximum absolute atomic E-state index is 13.1. The Morgan fingerprint density at radius 3 is 2.61 bits per heavy atom. The molecule has 3 aromatic rings. The van der Waals surface area contributed by atoms with E-state index in [1.165, 1.54) is 36.3 Å². The van der Waals surface area contributed by atoms with Crippen molar-refractivity contribution >= 4 is 78.6 Å². The van der Waals surface area contributed by atoms with Crippen LogP contribution in [0.15, 0.2) is 63.7 Å². The maximum Gasteiger partial charge on any atom is 0.269 e. The SMILES string of the molecule is N/C(Cl)=C(/Cc1cn(S(=O)(=O)c2ccccc2)c2ncc(Cl)cc12)SC(N)I. The Balaban J connectivity index is 2.18. The molecule has 0 aliphatic carbocycles. The fourth-order valence-electron chi connectivity index (χ4n) is 2.64. The van der Waals surface area contributed by atoms with Crippen molar-refractivity contribution in [3.63, 3.8) is 0 Å². The van der Waals surface area contributed by atoms with E-state index >= 15 is 0 Å². The summed E-state index contributed by atoms with van der Waals surface area (Å²) in [6.07, 6.45) is 3.23. The number of rotatable bonds is 6. The molecule has 28 heavy (non-hydrogen) atoms. The molecule has 0 saturated heterocycles. The quantitative estimate of drug-likeness (QED) is 0.199. The predicted molar refractivity (Wildman–Crippen MR) is 124 cm³/mol. The average molecular weight is 569 g/mol. The van der Waals surface area contributed by atoms with Crippen molar-refractivity contribution in [2.45, 2.75) is 14.7 Å². The van der Waals surface area contributed by atoms with Crippen molar-refractivity contribution < 1.29 is 8.42 Å². The Morgan fingerprint density at radius 2 is 2.00 bits per heavy atom. The molecule has 1 atom stereocenters. The first-order valence-corrected chi connectivity index (χ1v) is 12.2. The normalized spacial score (nSPS) is 14.1. The Labute approximate surface area is 190 Å². The fraction of sp³-hybridized carbons (Fsp3) is 0.118. The van der Waals surface area contributed by atoms with Crippen LogP contribution in [0.1, 0.15) is 5.56 Å². The van der Waals surface area contributed by atoms with E-state index in [-0.39, 0.29) is 19.1 Å². The molecule has 4 N–H and O–H groups in total. The molecule has 2 heterocycles. The van der Waals surface area contributed by atoms with E-state index in [1.807, 2.05) is 22.6 Å². The average Bonchev–Trinajstić information content (AvgIpc) is 3.00. The molecule has 2 aromatic heterocycles. The maximum atomic E-state index is 13.1. The summed E-state index contributed by atoms with van der Waals surface area (Å²) in [5.41, 5.74) is 12.6. The molecule has 0 radical (unpaired) electrons. The number of fused-ring (bicyclic) bond motifs is 1. The van der Waals surface area contributed by atoms with Gasteiger partial charge in [0.25, 0.3) is 10.0 Å². The van der Waals surface area contributed by atoms with Gasteiger partial charge in [0, 0.05) is 29.1 Å². The summed E-state index contributed by atoms with van der Waals surface area (Å²) < 4.78 is 27.2. The molecule has 0 fully saturated rings. The number of halogens is 3. The molecule has 148 valence electrons. The molecule has 6 nitrogen and oxygen atoms in total. The highest BCUT2D eigenvalue weighted by atomic mass is 127. The van der Waals surface area contributed by atoms with Crippen LogP contribution in [0.2, 0.25) is 5.02 Å². The molecule has 1 unspecified atom stereocenters. The lowest BCUT2D eigenvalue weighted by atomic mass is 10.1. The van der Waals surface area contributed by atoms with Gasteiger partial charge in [0.1, 0.15) is 8.54 Å². The minimum Gasteiger partial charge on any atom is -0.389 e. The van der Waals surface area contributed by atoms with E-state index in [9.17, 15) is 8.42 Å². The Hall–Kier alpha value is -0.980. The van der Waals surface area contributed by atoms with Crippen LogP contribution in [0.4, 0.5) is 0 Å². The predicted octanol–water partition coefficient (Wildman–Crippen LogP) is 4.25. The number of alkyl halides is 1. The van der Waals surface area contributed by atoms with Crippen LogP contribution in [0.5, 0.6) is 0 Å². The zero-order valence-corrected chi connectivity index (χ0v) is 19.5. The van der Waals surface area contributed by atoms with Crippen molar-refractivity contribution in [2.24, 2.45) is 11.5 Å². The van der Waals surface area contributed by atoms with E-state index in [4.69, 9.17) is 34.7 Å². The second-order valence-corrected chi connectivity index (χ2v) is 11.8. The smallest absolute Gasteiger partial charge is 0.269 e. The highest BCUT2D eigenvalue weighted by molar-refractivity contribution is 14.1. The fourth-order valence-corrected chi connectivity index (χ4v) is 5.91. The second-order valence-electron chi connectivity index (χ2n) is 5.71. The highest BCUT2D eigenvalue weighted by Gasteiger charge is 2.23. The van der Waals surface area contributed by atoms with Gasteiger partial charge < -0.3 is 11.5 Å². The number of thioether (sulfide) groups is 1. The van der Waals surface area contributed by atoms with Crippen LogP contribution in [0, 0.1) is 0 Å². The number of pyridine rings is 1. The number of nitrogens with two attached hydrogens (primary N) is 2. The molecular weight excluding hydrogens is 554 g/mol. The molecule has 0 aliphatic rings. The number of aromatic nitrogens is 2. The van der Waals surface area contributed by atoms with Gasteiger partial charge >= 0.3 is 0 Å². The summed E-state index contributed by atoms with van der Waals surface area (Å²) in [5.74, 6) is 0. The van der Waals surface area contributed by atoms with Crippen LogP contribution in [-0.4, -0.2) is 20.8 Å². The first-order valence-electron chi connectivity index (χ1n) is 7.86. The Kier molecular flexibility index (Phi) is 6.83. The lowest BCUT2D eigenvalue weighted by Gasteiger charge is -2.09. The first-order chi connectivity index (χ1) is 13.2. The van der Waals surface area contributed by atoms with Crippen LogP contribution in [0.3, 0.4) is 0 Å². The molecule has 11 heteroatoms. The van der Waals surface area contributed by atoms with Crippen LogP contribution >= 0.6 is 57.6 Å². The monoisotopic (exact) mass is 568 g/mol. The van der Waals surface area contributed by atoms with Gasteiger partial charge in [-0.15, -0.1) is 0 Å². The third kappa shape index (κ3) is 4.60. The third-order valence-electron chi connectivity index (χ3n) is 3.83. The number of benzene rings is 1. The molecule has 0 aliphatic heterocycles. The van der Waals surface area contributed by atoms with Crippen molar-refractivity contribution in [1.29, 1.82) is 0 Å². The zero-order valence-electron chi connectivity index (χ0n) is 14.2. The van der Waals surface area contributed by atoms with E-state index in [1.54, 1.807) is 24.3 Å². The van der Waals surface area contributed by atoms with Gasteiger partial charge in [-0.2, -0.15) is 0 Å². The van der Waals surface area contributed by atoms with Crippen molar-refractivity contribution in [1.82, 2.24) is 8.96 Å². The number of allylic oxidation sites excluding steroid dienone is 1. The number of nitrogens with zero attached hydrogens (tertiary/aromatic N) is 2. The Morgan fingerprint density at radius 1 is 1.32 bits per heavy atom. The Bertz CT molecular complexity index is 1140. The molecule has 3 rings (SSSR count). The molecule has 1 aromatic carbocycles. The summed E-state index contributed by atoms with van der Waals surface area (Å²) in [6.45, 7) is 0. The van der Waals surface area contributed by atoms with Crippen molar-refractivity contribution in [3.8, 4) is 0 Å². The van der Waals surface area contributed by atoms with Crippen LogP contribution in [0.25, 0.3) is 11.0 Å². The van der Waals surface area contributed by atoms with Gasteiger partial charge in [0.05, 0.1) is 9.92 Å². The third-order valence-corrected chi connectivity index (χ3v) is 7.68. The van der Waals surface area contributed by atoms with Gasteiger partial charge in [-0.25, -0.2) is 17.4 Å². The largest absolute Gasteiger partial charge is 0.389 e. The van der Waals surface area contributed by atoms with Crippen LogP contribution < -0.4 is 11.5 Å². The topological polar surface area (TPSA) is 104 Å². The highest BCUT2D eigenvalue weighted by Crippen LogP contribution is 2.33. The van der Waals surface area contributed by atoms with E-state index in [0.29, 0.717) is 27.3 Å². The number of hydrogen-bond acceptors (Lipinski definition) is 6. The second kappa shape index (κ2) is 8.80. The standard InChI is InChI=1S/C17H15Cl2IN4O2S2/c18-11-7-13-10(6-14(15(19)21)27-17(20)22)9-24(16(13)23-8-11)28(25,26)12-4-2-1-3-5-12/h1-5,7-9,17H,6,21-22H2/b15-14-. The van der Waals surface area contributed by atoms with Gasteiger partial charge in [0.15, 0.2) is 5.65 Å². The lowest BCUT2D eigenvalue weighted by molar-refractivity contribution is 0.588. The minimum absolute atomic E-state index is 0.110. The molecule has 0 amide bonds. The lowest BCUT2D eigenvalue weighted by Crippen LogP contribution is -2.12. The molecule has 0 saturated carbocycles. The van der Waals surface area contributed by atoms with E-state index in [0.717, 1.165) is 3.97 Å². The van der Waals surface area contributed by atoms with Gasteiger partial charge in [-0.3, -0.25) is 0 Å². The summed E-state index contributed by atoms with van der Waals surface area (Å²) in [5, 5.41) is 1.11.